The van der Waals surface area contributed by atoms with Gasteiger partial charge < -0.3 is 20.6 Å². The largest absolute Gasteiger partial charge is 0.392 e. The van der Waals surface area contributed by atoms with E-state index in [1.54, 1.807) is 42.9 Å². The van der Waals surface area contributed by atoms with E-state index in [-0.39, 0.29) is 24.5 Å². The minimum absolute atomic E-state index is 0.0357. The maximum Gasteiger partial charge on any atom is 0.253 e. The first-order valence-electron chi connectivity index (χ1n) is 12.3. The smallest absolute Gasteiger partial charge is 0.253 e. The van der Waals surface area contributed by atoms with Crippen molar-refractivity contribution in [3.05, 3.63) is 83.1 Å². The van der Waals surface area contributed by atoms with Gasteiger partial charge in [-0.3, -0.25) is 19.6 Å². The second kappa shape index (κ2) is 10.4. The molecule has 0 spiro atoms. The van der Waals surface area contributed by atoms with Crippen molar-refractivity contribution in [2.24, 2.45) is 0 Å². The maximum absolute atomic E-state index is 12.7. The number of aliphatic hydroxyl groups excluding tert-OH is 1. The van der Waals surface area contributed by atoms with Gasteiger partial charge in [-0.25, -0.2) is 4.98 Å². The zero-order chi connectivity index (χ0) is 25.1. The summed E-state index contributed by atoms with van der Waals surface area (Å²) in [7, 11) is 0. The van der Waals surface area contributed by atoms with E-state index in [0.29, 0.717) is 35.4 Å². The average Bonchev–Trinajstić information content (AvgIpc) is 3.18. The van der Waals surface area contributed by atoms with Crippen molar-refractivity contribution in [2.45, 2.75) is 63.9 Å². The average molecular weight is 487 g/mol. The van der Waals surface area contributed by atoms with E-state index in [2.05, 4.69) is 30.5 Å². The lowest BCUT2D eigenvalue weighted by Gasteiger charge is -2.40. The number of piperidine rings is 1. The van der Waals surface area contributed by atoms with Gasteiger partial charge in [0, 0.05) is 36.1 Å². The quantitative estimate of drug-likeness (QED) is 0.469. The highest BCUT2D eigenvalue weighted by Crippen LogP contribution is 2.38. The number of benzene rings is 1. The SMILES string of the molecule is Cc1cnc(CNC(=O)c2ccc(N3C4CCC3CC(NC(=O)c3ccc(CO)cc3)C4)nc2)cn1. The van der Waals surface area contributed by atoms with Crippen molar-refractivity contribution in [3.63, 3.8) is 0 Å². The van der Waals surface area contributed by atoms with Gasteiger partial charge in [0.05, 0.1) is 36.3 Å². The number of carbonyl (C=O) groups excluding carboxylic acids is 2. The molecule has 0 radical (unpaired) electrons. The summed E-state index contributed by atoms with van der Waals surface area (Å²) in [4.78, 5) is 40.7. The Labute approximate surface area is 210 Å². The van der Waals surface area contributed by atoms with Crippen LogP contribution in [-0.2, 0) is 13.2 Å². The normalized spacial score (nSPS) is 20.7. The molecule has 2 bridgehead atoms. The molecule has 1 aromatic carbocycles. The second-order valence-corrected chi connectivity index (χ2v) is 9.53. The number of hydrogen-bond donors (Lipinski definition) is 3. The molecule has 5 rings (SSSR count). The highest BCUT2D eigenvalue weighted by Gasteiger charge is 2.41. The van der Waals surface area contributed by atoms with Gasteiger partial charge in [0.2, 0.25) is 0 Å². The Kier molecular flexibility index (Phi) is 6.90. The van der Waals surface area contributed by atoms with Gasteiger partial charge in [-0.1, -0.05) is 12.1 Å². The van der Waals surface area contributed by atoms with Crippen LogP contribution in [-0.4, -0.2) is 50.0 Å². The van der Waals surface area contributed by atoms with Gasteiger partial charge in [0.1, 0.15) is 5.82 Å². The summed E-state index contributed by atoms with van der Waals surface area (Å²) < 4.78 is 0. The van der Waals surface area contributed by atoms with Crippen LogP contribution in [0.15, 0.2) is 55.0 Å². The van der Waals surface area contributed by atoms with Crippen LogP contribution < -0.4 is 15.5 Å². The Balaban J connectivity index is 1.17. The number of anilines is 1. The van der Waals surface area contributed by atoms with Crippen molar-refractivity contribution in [1.82, 2.24) is 25.6 Å². The molecule has 3 N–H and O–H groups in total. The molecule has 2 saturated heterocycles. The summed E-state index contributed by atoms with van der Waals surface area (Å²) in [6.07, 6.45) is 8.79. The molecule has 0 saturated carbocycles. The van der Waals surface area contributed by atoms with Crippen LogP contribution in [0.1, 0.15) is 63.4 Å². The number of aliphatic hydroxyl groups is 1. The number of rotatable bonds is 7. The van der Waals surface area contributed by atoms with Gasteiger partial charge in [-0.05, 0) is 62.4 Å². The third-order valence-corrected chi connectivity index (χ3v) is 7.01. The van der Waals surface area contributed by atoms with E-state index >= 15 is 0 Å². The molecule has 2 aromatic heterocycles. The standard InChI is InChI=1S/C27H30N6O3/c1-17-12-29-22(14-28-17)15-31-26(35)20-6-9-25(30-13-20)33-23-7-8-24(33)11-21(10-23)32-27(36)19-4-2-18(16-34)3-5-19/h2-6,9,12-14,21,23-24,34H,7-8,10-11,15-16H2,1H3,(H,31,35)(H,32,36). The van der Waals surface area contributed by atoms with E-state index in [1.807, 2.05) is 19.1 Å². The topological polar surface area (TPSA) is 120 Å². The number of nitrogens with one attached hydrogen (secondary N) is 2. The molecule has 0 aliphatic carbocycles. The first kappa shape index (κ1) is 23.9. The lowest BCUT2D eigenvalue weighted by atomic mass is 9.96. The number of aryl methyl sites for hydroxylation is 1. The van der Waals surface area contributed by atoms with Crippen LogP contribution in [0.3, 0.4) is 0 Å². The molecular formula is C27H30N6O3. The molecule has 3 aromatic rings. The van der Waals surface area contributed by atoms with Gasteiger partial charge in [0.15, 0.2) is 0 Å². The Hall–Kier alpha value is -3.85. The maximum atomic E-state index is 12.7. The molecule has 9 heteroatoms. The van der Waals surface area contributed by atoms with Crippen LogP contribution in [0, 0.1) is 6.92 Å². The molecule has 186 valence electrons. The van der Waals surface area contributed by atoms with Gasteiger partial charge in [-0.2, -0.15) is 0 Å². The van der Waals surface area contributed by atoms with E-state index in [1.165, 1.54) is 0 Å². The first-order chi connectivity index (χ1) is 17.5. The van der Waals surface area contributed by atoms with E-state index in [4.69, 9.17) is 0 Å². The number of fused-ring (bicyclic) bond motifs is 2. The van der Waals surface area contributed by atoms with E-state index < -0.39 is 0 Å². The summed E-state index contributed by atoms with van der Waals surface area (Å²) in [6, 6.07) is 11.5. The fourth-order valence-corrected chi connectivity index (χ4v) is 5.16. The van der Waals surface area contributed by atoms with Crippen molar-refractivity contribution in [3.8, 4) is 0 Å². The predicted octanol–water partition coefficient (Wildman–Crippen LogP) is 2.53. The van der Waals surface area contributed by atoms with Crippen LogP contribution in [0.2, 0.25) is 0 Å². The summed E-state index contributed by atoms with van der Waals surface area (Å²) in [5.41, 5.74) is 3.42. The van der Waals surface area contributed by atoms with E-state index in [0.717, 1.165) is 42.8 Å². The molecule has 2 unspecified atom stereocenters. The predicted molar refractivity (Wildman–Crippen MR) is 134 cm³/mol. The third kappa shape index (κ3) is 5.21. The van der Waals surface area contributed by atoms with E-state index in [9.17, 15) is 14.7 Å². The van der Waals surface area contributed by atoms with Crippen molar-refractivity contribution in [1.29, 1.82) is 0 Å². The minimum Gasteiger partial charge on any atom is -0.392 e. The van der Waals surface area contributed by atoms with Crippen molar-refractivity contribution < 1.29 is 14.7 Å². The number of pyridine rings is 1. The molecule has 2 atom stereocenters. The number of hydrogen-bond acceptors (Lipinski definition) is 7. The Morgan fingerprint density at radius 1 is 0.917 bits per heavy atom. The molecule has 2 aliphatic rings. The molecule has 2 fully saturated rings. The van der Waals surface area contributed by atoms with Crippen LogP contribution in [0.5, 0.6) is 0 Å². The van der Waals surface area contributed by atoms with Gasteiger partial charge in [-0.15, -0.1) is 0 Å². The van der Waals surface area contributed by atoms with Crippen LogP contribution in [0.4, 0.5) is 5.82 Å². The van der Waals surface area contributed by atoms with Gasteiger partial charge >= 0.3 is 0 Å². The summed E-state index contributed by atoms with van der Waals surface area (Å²) in [6.45, 7) is 2.14. The monoisotopic (exact) mass is 486 g/mol. The summed E-state index contributed by atoms with van der Waals surface area (Å²) >= 11 is 0. The molecule has 9 nitrogen and oxygen atoms in total. The molecular weight excluding hydrogens is 456 g/mol. The highest BCUT2D eigenvalue weighted by molar-refractivity contribution is 5.94. The fraction of sp³-hybridized carbons (Fsp3) is 0.370. The van der Waals surface area contributed by atoms with Gasteiger partial charge in [0.25, 0.3) is 11.8 Å². The first-order valence-corrected chi connectivity index (χ1v) is 12.3. The van der Waals surface area contributed by atoms with Crippen LogP contribution in [0.25, 0.3) is 0 Å². The van der Waals surface area contributed by atoms with Crippen molar-refractivity contribution >= 4 is 17.6 Å². The number of amides is 2. The molecule has 36 heavy (non-hydrogen) atoms. The molecule has 2 amide bonds. The molecule has 4 heterocycles. The second-order valence-electron chi connectivity index (χ2n) is 9.53. The number of nitrogens with zero attached hydrogens (tertiary/aromatic N) is 4. The third-order valence-electron chi connectivity index (χ3n) is 7.01. The zero-order valence-electron chi connectivity index (χ0n) is 20.2. The number of carbonyl (C=O) groups is 2. The Morgan fingerprint density at radius 2 is 1.64 bits per heavy atom. The number of aromatic nitrogens is 3. The summed E-state index contributed by atoms with van der Waals surface area (Å²) in [5.74, 6) is 0.586. The lowest BCUT2D eigenvalue weighted by molar-refractivity contribution is 0.0924. The highest BCUT2D eigenvalue weighted by atomic mass is 16.3. The summed E-state index contributed by atoms with van der Waals surface area (Å²) in [5, 5.41) is 15.2. The Bertz CT molecular complexity index is 1200. The fourth-order valence-electron chi connectivity index (χ4n) is 5.16. The van der Waals surface area contributed by atoms with Crippen molar-refractivity contribution in [2.75, 3.05) is 4.90 Å². The lowest BCUT2D eigenvalue weighted by Crippen LogP contribution is -2.50. The molecule has 2 aliphatic heterocycles. The zero-order valence-corrected chi connectivity index (χ0v) is 20.2. The van der Waals surface area contributed by atoms with Crippen LogP contribution >= 0.6 is 0 Å². The minimum atomic E-state index is -0.201. The Morgan fingerprint density at radius 3 is 2.25 bits per heavy atom.